The molecule has 1 N–H and O–H groups in total. The molecule has 0 amide bonds. The van der Waals surface area contributed by atoms with Crippen molar-refractivity contribution in [3.05, 3.63) is 0 Å². The number of nitriles is 1. The third-order valence-corrected chi connectivity index (χ3v) is 10.4. The number of rotatable bonds is 4. The third kappa shape index (κ3) is 3.05. The van der Waals surface area contributed by atoms with E-state index in [-0.39, 0.29) is 6.10 Å². The molecule has 0 heterocycles. The van der Waals surface area contributed by atoms with Gasteiger partial charge in [-0.05, 0) is 104 Å². The van der Waals surface area contributed by atoms with Gasteiger partial charge in [0.2, 0.25) is 0 Å². The van der Waals surface area contributed by atoms with Crippen molar-refractivity contribution in [2.45, 2.75) is 97.2 Å². The molecule has 10 atom stereocenters. The fraction of sp³-hybridized carbons (Fsp3) is 0.960. The second-order valence-corrected chi connectivity index (χ2v) is 11.3. The summed E-state index contributed by atoms with van der Waals surface area (Å²) in [5.41, 5.74) is 0.759. The second kappa shape index (κ2) is 7.59. The molecular formula is C25H41NO2. The summed E-state index contributed by atoms with van der Waals surface area (Å²) >= 11 is 0. The quantitative estimate of drug-likeness (QED) is 0.686. The van der Waals surface area contributed by atoms with Crippen LogP contribution in [-0.4, -0.2) is 24.4 Å². The summed E-state index contributed by atoms with van der Waals surface area (Å²) in [5, 5.41) is 20.4. The normalized spacial score (nSPS) is 51.5. The highest BCUT2D eigenvalue weighted by Gasteiger charge is 2.62. The highest BCUT2D eigenvalue weighted by Crippen LogP contribution is 2.68. The van der Waals surface area contributed by atoms with E-state index >= 15 is 0 Å². The van der Waals surface area contributed by atoms with Crippen LogP contribution in [0.15, 0.2) is 0 Å². The Hall–Kier alpha value is -0.590. The molecule has 158 valence electrons. The lowest BCUT2D eigenvalue weighted by Gasteiger charge is -2.62. The molecule has 4 aliphatic rings. The van der Waals surface area contributed by atoms with Gasteiger partial charge in [0.15, 0.2) is 0 Å². The summed E-state index contributed by atoms with van der Waals surface area (Å²) in [7, 11) is 1.85. The molecule has 0 spiro atoms. The van der Waals surface area contributed by atoms with Crippen LogP contribution in [0.25, 0.3) is 0 Å². The SMILES string of the molecule is CO[C@@H]1CC[C@@]2(C)[C@@H](C1)C[C@@H](O)[C@@H]1[C@@H]2CC[C@]2(C)C([C@H](C)CCC#N)CC[C@@H]12. The summed E-state index contributed by atoms with van der Waals surface area (Å²) < 4.78 is 5.71. The summed E-state index contributed by atoms with van der Waals surface area (Å²) in [6.45, 7) is 7.47. The molecule has 28 heavy (non-hydrogen) atoms. The van der Waals surface area contributed by atoms with Crippen LogP contribution in [0.5, 0.6) is 0 Å². The molecule has 4 aliphatic carbocycles. The van der Waals surface area contributed by atoms with Crippen molar-refractivity contribution >= 4 is 0 Å². The fourth-order valence-corrected chi connectivity index (χ4v) is 8.87. The van der Waals surface area contributed by atoms with E-state index in [0.717, 1.165) is 25.2 Å². The Morgan fingerprint density at radius 2 is 1.79 bits per heavy atom. The van der Waals surface area contributed by atoms with Gasteiger partial charge in [-0.1, -0.05) is 20.8 Å². The topological polar surface area (TPSA) is 53.2 Å². The first-order chi connectivity index (χ1) is 13.3. The van der Waals surface area contributed by atoms with E-state index in [4.69, 9.17) is 10.00 Å². The summed E-state index contributed by atoms with van der Waals surface area (Å²) in [6.07, 6.45) is 11.8. The molecule has 4 saturated carbocycles. The van der Waals surface area contributed by atoms with E-state index < -0.39 is 0 Å². The lowest BCUT2D eigenvalue weighted by Crippen LogP contribution is -2.58. The Kier molecular flexibility index (Phi) is 5.60. The predicted molar refractivity (Wildman–Crippen MR) is 111 cm³/mol. The van der Waals surface area contributed by atoms with Gasteiger partial charge in [-0.2, -0.15) is 5.26 Å². The minimum atomic E-state index is -0.128. The summed E-state index contributed by atoms with van der Waals surface area (Å²) in [5.74, 6) is 3.84. The van der Waals surface area contributed by atoms with E-state index in [1.165, 1.54) is 38.5 Å². The predicted octanol–water partition coefficient (Wildman–Crippen LogP) is 5.57. The molecule has 0 radical (unpaired) electrons. The maximum absolute atomic E-state index is 11.4. The fourth-order valence-electron chi connectivity index (χ4n) is 8.87. The van der Waals surface area contributed by atoms with Crippen LogP contribution in [0.1, 0.15) is 85.0 Å². The Morgan fingerprint density at radius 1 is 1.07 bits per heavy atom. The molecule has 0 aromatic heterocycles. The molecule has 0 aromatic carbocycles. The molecule has 0 aromatic rings. The zero-order valence-corrected chi connectivity index (χ0v) is 18.5. The first kappa shape index (κ1) is 20.7. The second-order valence-electron chi connectivity index (χ2n) is 11.3. The van der Waals surface area contributed by atoms with Gasteiger partial charge in [0.25, 0.3) is 0 Å². The molecule has 3 heteroatoms. The molecule has 0 bridgehead atoms. The van der Waals surface area contributed by atoms with E-state index in [1.807, 2.05) is 7.11 Å². The van der Waals surface area contributed by atoms with Gasteiger partial charge in [-0.3, -0.25) is 0 Å². The van der Waals surface area contributed by atoms with Crippen molar-refractivity contribution < 1.29 is 9.84 Å². The van der Waals surface area contributed by atoms with Gasteiger partial charge in [0, 0.05) is 13.5 Å². The van der Waals surface area contributed by atoms with Gasteiger partial charge in [0.05, 0.1) is 18.3 Å². The van der Waals surface area contributed by atoms with Crippen LogP contribution in [-0.2, 0) is 4.74 Å². The van der Waals surface area contributed by atoms with Crippen LogP contribution in [0.4, 0.5) is 0 Å². The highest BCUT2D eigenvalue weighted by molar-refractivity contribution is 5.11. The zero-order chi connectivity index (χ0) is 20.1. The number of aliphatic hydroxyl groups excluding tert-OH is 1. The van der Waals surface area contributed by atoms with Crippen LogP contribution in [0, 0.1) is 57.7 Å². The van der Waals surface area contributed by atoms with E-state index in [2.05, 4.69) is 26.8 Å². The van der Waals surface area contributed by atoms with Gasteiger partial charge < -0.3 is 9.84 Å². The number of hydrogen-bond acceptors (Lipinski definition) is 3. The van der Waals surface area contributed by atoms with E-state index in [9.17, 15) is 5.11 Å². The Bertz CT molecular complexity index is 614. The Balaban J connectivity index is 1.56. The lowest BCUT2D eigenvalue weighted by molar-refractivity contribution is -0.176. The third-order valence-electron chi connectivity index (χ3n) is 10.4. The van der Waals surface area contributed by atoms with Crippen molar-refractivity contribution in [2.24, 2.45) is 46.3 Å². The molecule has 3 nitrogen and oxygen atoms in total. The molecule has 1 unspecified atom stereocenters. The Labute approximate surface area is 172 Å². The molecule has 0 aliphatic heterocycles. The highest BCUT2D eigenvalue weighted by atomic mass is 16.5. The molecule has 4 rings (SSSR count). The molecule has 0 saturated heterocycles. The van der Waals surface area contributed by atoms with Crippen LogP contribution < -0.4 is 0 Å². The smallest absolute Gasteiger partial charge is 0.0621 e. The molecule has 4 fully saturated rings. The summed E-state index contributed by atoms with van der Waals surface area (Å²) in [6, 6.07) is 2.35. The minimum Gasteiger partial charge on any atom is -0.393 e. The number of nitrogens with zero attached hydrogens (tertiary/aromatic N) is 1. The average molecular weight is 388 g/mol. The molecular weight excluding hydrogens is 346 g/mol. The van der Waals surface area contributed by atoms with Gasteiger partial charge in [-0.15, -0.1) is 0 Å². The number of fused-ring (bicyclic) bond motifs is 5. The van der Waals surface area contributed by atoms with Crippen molar-refractivity contribution in [1.29, 1.82) is 5.26 Å². The van der Waals surface area contributed by atoms with Crippen molar-refractivity contribution in [3.63, 3.8) is 0 Å². The maximum Gasteiger partial charge on any atom is 0.0621 e. The first-order valence-electron chi connectivity index (χ1n) is 11.9. The van der Waals surface area contributed by atoms with Gasteiger partial charge in [-0.25, -0.2) is 0 Å². The largest absolute Gasteiger partial charge is 0.393 e. The number of aliphatic hydroxyl groups is 1. The number of hydrogen-bond donors (Lipinski definition) is 1. The van der Waals surface area contributed by atoms with Crippen LogP contribution in [0.2, 0.25) is 0 Å². The van der Waals surface area contributed by atoms with Crippen molar-refractivity contribution in [2.75, 3.05) is 7.11 Å². The summed E-state index contributed by atoms with van der Waals surface area (Å²) in [4.78, 5) is 0. The van der Waals surface area contributed by atoms with E-state index in [0.29, 0.717) is 52.9 Å². The monoisotopic (exact) mass is 387 g/mol. The van der Waals surface area contributed by atoms with Crippen molar-refractivity contribution in [3.8, 4) is 6.07 Å². The van der Waals surface area contributed by atoms with Crippen molar-refractivity contribution in [1.82, 2.24) is 0 Å². The number of methoxy groups -OCH3 is 1. The zero-order valence-electron chi connectivity index (χ0n) is 18.5. The van der Waals surface area contributed by atoms with E-state index in [1.54, 1.807) is 0 Å². The van der Waals surface area contributed by atoms with Crippen LogP contribution >= 0.6 is 0 Å². The standard InChI is InChI=1S/C25H41NO2/c1-16(6-5-13-26)19-7-8-20-23-21(10-12-25(19,20)3)24(2)11-9-18(28-4)14-17(24)15-22(23)27/h16-23,27H,5-12,14-15H2,1-4H3/t16-,17+,18-,19?,20+,21+,22-,23+,24+,25-/m1/s1. The van der Waals surface area contributed by atoms with Crippen LogP contribution in [0.3, 0.4) is 0 Å². The Morgan fingerprint density at radius 3 is 2.50 bits per heavy atom. The minimum absolute atomic E-state index is 0.128. The van der Waals surface area contributed by atoms with Gasteiger partial charge in [0.1, 0.15) is 0 Å². The first-order valence-corrected chi connectivity index (χ1v) is 11.9. The van der Waals surface area contributed by atoms with Gasteiger partial charge >= 0.3 is 0 Å². The maximum atomic E-state index is 11.4. The lowest BCUT2D eigenvalue weighted by atomic mass is 9.43. The number of ether oxygens (including phenoxy) is 1. The average Bonchev–Trinajstić information content (AvgIpc) is 3.03.